The van der Waals surface area contributed by atoms with E-state index in [9.17, 15) is 4.79 Å². The number of hydrogen-bond acceptors (Lipinski definition) is 3. The standard InChI is InChI=1S/C13H17NO2/c1-4-13(15)11-5-7-12(8-6-11)16-10-9-14(2)3/h4-8H,1,9-10H2,2-3H3. The highest BCUT2D eigenvalue weighted by atomic mass is 16.5. The Morgan fingerprint density at radius 2 is 2.00 bits per heavy atom. The van der Waals surface area contributed by atoms with E-state index in [2.05, 4.69) is 11.5 Å². The molecule has 0 amide bonds. The van der Waals surface area contributed by atoms with Gasteiger partial charge in [-0.25, -0.2) is 0 Å². The highest BCUT2D eigenvalue weighted by Crippen LogP contribution is 2.12. The first-order chi connectivity index (χ1) is 7.63. The van der Waals surface area contributed by atoms with Gasteiger partial charge in [-0.2, -0.15) is 0 Å². The zero-order valence-electron chi connectivity index (χ0n) is 9.77. The molecule has 3 nitrogen and oxygen atoms in total. The second kappa shape index (κ2) is 6.08. The van der Waals surface area contributed by atoms with Crippen LogP contribution in [0, 0.1) is 0 Å². The van der Waals surface area contributed by atoms with Crippen LogP contribution in [0.1, 0.15) is 10.4 Å². The van der Waals surface area contributed by atoms with Gasteiger partial charge in [-0.05, 0) is 44.4 Å². The summed E-state index contributed by atoms with van der Waals surface area (Å²) in [5.41, 5.74) is 0.634. The molecule has 0 aliphatic heterocycles. The van der Waals surface area contributed by atoms with Gasteiger partial charge in [-0.3, -0.25) is 4.79 Å². The summed E-state index contributed by atoms with van der Waals surface area (Å²) in [5.74, 6) is 0.710. The Labute approximate surface area is 96.3 Å². The number of ketones is 1. The highest BCUT2D eigenvalue weighted by Gasteiger charge is 2.01. The molecule has 0 heterocycles. The summed E-state index contributed by atoms with van der Waals surface area (Å²) >= 11 is 0. The van der Waals surface area contributed by atoms with Gasteiger partial charge in [0.2, 0.25) is 0 Å². The summed E-state index contributed by atoms with van der Waals surface area (Å²) in [5, 5.41) is 0. The van der Waals surface area contributed by atoms with Crippen molar-refractivity contribution in [3.8, 4) is 5.75 Å². The maximum atomic E-state index is 11.3. The molecule has 0 bridgehead atoms. The molecule has 1 rings (SSSR count). The van der Waals surface area contributed by atoms with Crippen LogP contribution in [-0.2, 0) is 0 Å². The third-order valence-corrected chi connectivity index (χ3v) is 2.13. The minimum atomic E-state index is -0.0696. The maximum absolute atomic E-state index is 11.3. The van der Waals surface area contributed by atoms with E-state index in [1.165, 1.54) is 6.08 Å². The van der Waals surface area contributed by atoms with Crippen LogP contribution in [0.25, 0.3) is 0 Å². The van der Waals surface area contributed by atoms with Crippen molar-refractivity contribution >= 4 is 5.78 Å². The largest absolute Gasteiger partial charge is 0.492 e. The van der Waals surface area contributed by atoms with Crippen LogP contribution in [0.2, 0.25) is 0 Å². The molecule has 0 atom stereocenters. The van der Waals surface area contributed by atoms with Gasteiger partial charge in [0, 0.05) is 12.1 Å². The summed E-state index contributed by atoms with van der Waals surface area (Å²) in [6.45, 7) is 4.95. The van der Waals surface area contributed by atoms with E-state index in [4.69, 9.17) is 4.74 Å². The zero-order chi connectivity index (χ0) is 12.0. The van der Waals surface area contributed by atoms with E-state index in [1.807, 2.05) is 14.1 Å². The van der Waals surface area contributed by atoms with Crippen molar-refractivity contribution in [3.63, 3.8) is 0 Å². The van der Waals surface area contributed by atoms with Crippen LogP contribution in [0.15, 0.2) is 36.9 Å². The topological polar surface area (TPSA) is 29.5 Å². The second-order valence-corrected chi connectivity index (χ2v) is 3.74. The molecule has 1 aromatic rings. The Morgan fingerprint density at radius 1 is 1.38 bits per heavy atom. The Bertz CT molecular complexity index is 355. The number of likely N-dealkylation sites (N-methyl/N-ethyl adjacent to an activating group) is 1. The molecule has 0 saturated heterocycles. The van der Waals surface area contributed by atoms with Gasteiger partial charge in [0.1, 0.15) is 12.4 Å². The molecule has 0 aliphatic rings. The van der Waals surface area contributed by atoms with Crippen molar-refractivity contribution in [2.24, 2.45) is 0 Å². The zero-order valence-corrected chi connectivity index (χ0v) is 9.77. The van der Waals surface area contributed by atoms with Crippen molar-refractivity contribution in [2.75, 3.05) is 27.2 Å². The van der Waals surface area contributed by atoms with Crippen molar-refractivity contribution in [1.82, 2.24) is 4.90 Å². The number of carbonyl (C=O) groups is 1. The molecule has 0 aromatic heterocycles. The molecule has 1 aromatic carbocycles. The predicted octanol–water partition coefficient (Wildman–Crippen LogP) is 2.00. The summed E-state index contributed by atoms with van der Waals surface area (Å²) in [4.78, 5) is 13.3. The van der Waals surface area contributed by atoms with Crippen molar-refractivity contribution in [3.05, 3.63) is 42.5 Å². The Hall–Kier alpha value is -1.61. The molecule has 0 N–H and O–H groups in total. The quantitative estimate of drug-likeness (QED) is 0.541. The lowest BCUT2D eigenvalue weighted by Gasteiger charge is -2.10. The summed E-state index contributed by atoms with van der Waals surface area (Å²) in [6, 6.07) is 7.09. The van der Waals surface area contributed by atoms with Crippen LogP contribution in [0.4, 0.5) is 0 Å². The van der Waals surface area contributed by atoms with Crippen molar-refractivity contribution in [2.45, 2.75) is 0 Å². The van der Waals surface area contributed by atoms with E-state index in [-0.39, 0.29) is 5.78 Å². The van der Waals surface area contributed by atoms with Crippen LogP contribution in [-0.4, -0.2) is 37.9 Å². The smallest absolute Gasteiger partial charge is 0.185 e. The molecular weight excluding hydrogens is 202 g/mol. The summed E-state index contributed by atoms with van der Waals surface area (Å²) in [6.07, 6.45) is 1.31. The first-order valence-corrected chi connectivity index (χ1v) is 5.18. The van der Waals surface area contributed by atoms with Crippen molar-refractivity contribution in [1.29, 1.82) is 0 Å². The van der Waals surface area contributed by atoms with Crippen LogP contribution in [0.3, 0.4) is 0 Å². The Morgan fingerprint density at radius 3 is 2.50 bits per heavy atom. The fourth-order valence-electron chi connectivity index (χ4n) is 1.18. The van der Waals surface area contributed by atoms with Gasteiger partial charge in [0.25, 0.3) is 0 Å². The summed E-state index contributed by atoms with van der Waals surface area (Å²) < 4.78 is 5.51. The molecule has 16 heavy (non-hydrogen) atoms. The van der Waals surface area contributed by atoms with Gasteiger partial charge in [-0.15, -0.1) is 0 Å². The van der Waals surface area contributed by atoms with Gasteiger partial charge in [-0.1, -0.05) is 6.58 Å². The normalized spacial score (nSPS) is 10.2. The third kappa shape index (κ3) is 3.87. The lowest BCUT2D eigenvalue weighted by molar-refractivity contribution is 0.104. The first kappa shape index (κ1) is 12.5. The van der Waals surface area contributed by atoms with Crippen LogP contribution >= 0.6 is 0 Å². The maximum Gasteiger partial charge on any atom is 0.185 e. The fraction of sp³-hybridized carbons (Fsp3) is 0.308. The number of ether oxygens (including phenoxy) is 1. The number of allylic oxidation sites excluding steroid dienone is 1. The lowest BCUT2D eigenvalue weighted by Crippen LogP contribution is -2.19. The molecule has 3 heteroatoms. The number of carbonyl (C=O) groups excluding carboxylic acids is 1. The molecule has 0 unspecified atom stereocenters. The molecule has 0 radical (unpaired) electrons. The van der Waals surface area contributed by atoms with E-state index in [1.54, 1.807) is 24.3 Å². The fourth-order valence-corrected chi connectivity index (χ4v) is 1.18. The van der Waals surface area contributed by atoms with E-state index in [0.29, 0.717) is 12.2 Å². The van der Waals surface area contributed by atoms with E-state index in [0.717, 1.165) is 12.3 Å². The minimum Gasteiger partial charge on any atom is -0.492 e. The van der Waals surface area contributed by atoms with E-state index < -0.39 is 0 Å². The Kier molecular flexibility index (Phi) is 4.73. The van der Waals surface area contributed by atoms with Crippen molar-refractivity contribution < 1.29 is 9.53 Å². The van der Waals surface area contributed by atoms with Gasteiger partial charge >= 0.3 is 0 Å². The number of benzene rings is 1. The number of nitrogens with zero attached hydrogens (tertiary/aromatic N) is 1. The molecule has 0 saturated carbocycles. The minimum absolute atomic E-state index is 0.0696. The molecule has 86 valence electrons. The van der Waals surface area contributed by atoms with Crippen LogP contribution in [0.5, 0.6) is 5.75 Å². The lowest BCUT2D eigenvalue weighted by atomic mass is 10.1. The predicted molar refractivity (Wildman–Crippen MR) is 65.0 cm³/mol. The van der Waals surface area contributed by atoms with Gasteiger partial charge < -0.3 is 9.64 Å². The Balaban J connectivity index is 2.51. The number of hydrogen-bond donors (Lipinski definition) is 0. The monoisotopic (exact) mass is 219 g/mol. The highest BCUT2D eigenvalue weighted by molar-refractivity contribution is 6.04. The summed E-state index contributed by atoms with van der Waals surface area (Å²) in [7, 11) is 3.99. The first-order valence-electron chi connectivity index (χ1n) is 5.18. The van der Waals surface area contributed by atoms with Gasteiger partial charge in [0.05, 0.1) is 0 Å². The average Bonchev–Trinajstić information content (AvgIpc) is 2.28. The van der Waals surface area contributed by atoms with Gasteiger partial charge in [0.15, 0.2) is 5.78 Å². The SMILES string of the molecule is C=CC(=O)c1ccc(OCCN(C)C)cc1. The van der Waals surface area contributed by atoms with Crippen LogP contribution < -0.4 is 4.74 Å². The van der Waals surface area contributed by atoms with E-state index >= 15 is 0 Å². The second-order valence-electron chi connectivity index (χ2n) is 3.74. The average molecular weight is 219 g/mol. The molecule has 0 fully saturated rings. The third-order valence-electron chi connectivity index (χ3n) is 2.13. The molecule has 0 spiro atoms. The number of rotatable bonds is 6. The molecule has 0 aliphatic carbocycles. The molecular formula is C13H17NO2.